The molecule has 5 heteroatoms. The van der Waals surface area contributed by atoms with E-state index in [-0.39, 0.29) is 5.91 Å². The highest BCUT2D eigenvalue weighted by molar-refractivity contribution is 6.42. The lowest BCUT2D eigenvalue weighted by atomic mass is 9.76. The van der Waals surface area contributed by atoms with Crippen molar-refractivity contribution in [2.45, 2.75) is 37.6 Å². The number of carbonyl (C=O) groups is 1. The van der Waals surface area contributed by atoms with Gasteiger partial charge in [-0.2, -0.15) is 0 Å². The summed E-state index contributed by atoms with van der Waals surface area (Å²) < 4.78 is 0. The van der Waals surface area contributed by atoms with Crippen molar-refractivity contribution in [3.05, 3.63) is 68.7 Å². The number of nitrogens with one attached hydrogen (secondary N) is 2. The summed E-state index contributed by atoms with van der Waals surface area (Å²) in [6, 6.07) is 12.9. The standard InChI is InChI=1S/C21H24Cl2N2O/c1-24-20-9-7-15(14-5-8-18(22)19(23)12-14)16-6-3-13(11-17(16)20)4-10-21(26)25-2/h3,5-6,8,11-12,15,20,24H,4,7,9-10H2,1-2H3,(H,25,26). The van der Waals surface area contributed by atoms with E-state index in [2.05, 4.69) is 34.9 Å². The van der Waals surface area contributed by atoms with Gasteiger partial charge in [0, 0.05) is 25.4 Å². The Morgan fingerprint density at radius 2 is 1.85 bits per heavy atom. The highest BCUT2D eigenvalue weighted by Gasteiger charge is 2.28. The van der Waals surface area contributed by atoms with Crippen LogP contribution in [0.15, 0.2) is 36.4 Å². The lowest BCUT2D eigenvalue weighted by molar-refractivity contribution is -0.120. The Morgan fingerprint density at radius 1 is 1.04 bits per heavy atom. The van der Waals surface area contributed by atoms with Gasteiger partial charge in [-0.05, 0) is 60.7 Å². The molecule has 0 aromatic heterocycles. The third kappa shape index (κ3) is 4.06. The van der Waals surface area contributed by atoms with Crippen molar-refractivity contribution in [1.29, 1.82) is 0 Å². The Labute approximate surface area is 165 Å². The topological polar surface area (TPSA) is 41.1 Å². The van der Waals surface area contributed by atoms with Gasteiger partial charge in [0.2, 0.25) is 5.91 Å². The summed E-state index contributed by atoms with van der Waals surface area (Å²) in [5.41, 5.74) is 5.05. The van der Waals surface area contributed by atoms with Gasteiger partial charge in [-0.3, -0.25) is 4.79 Å². The second-order valence-corrected chi connectivity index (χ2v) is 7.60. The molecule has 2 unspecified atom stereocenters. The van der Waals surface area contributed by atoms with Crippen LogP contribution >= 0.6 is 23.2 Å². The molecule has 0 aliphatic heterocycles. The van der Waals surface area contributed by atoms with Crippen LogP contribution in [-0.2, 0) is 11.2 Å². The largest absolute Gasteiger partial charge is 0.359 e. The molecule has 0 spiro atoms. The van der Waals surface area contributed by atoms with Crippen LogP contribution in [-0.4, -0.2) is 20.0 Å². The number of hydrogen-bond donors (Lipinski definition) is 2. The first-order valence-corrected chi connectivity index (χ1v) is 9.74. The van der Waals surface area contributed by atoms with E-state index in [9.17, 15) is 4.79 Å². The third-order valence-electron chi connectivity index (χ3n) is 5.26. The normalized spacial score (nSPS) is 19.1. The van der Waals surface area contributed by atoms with E-state index in [0.29, 0.717) is 28.4 Å². The summed E-state index contributed by atoms with van der Waals surface area (Å²) in [4.78, 5) is 11.5. The zero-order valence-corrected chi connectivity index (χ0v) is 16.6. The van der Waals surface area contributed by atoms with Gasteiger partial charge in [-0.15, -0.1) is 0 Å². The first-order chi connectivity index (χ1) is 12.5. The third-order valence-corrected chi connectivity index (χ3v) is 6.00. The van der Waals surface area contributed by atoms with Crippen molar-refractivity contribution >= 4 is 29.1 Å². The van der Waals surface area contributed by atoms with Crippen molar-refractivity contribution in [2.24, 2.45) is 0 Å². The molecule has 2 atom stereocenters. The molecule has 1 aliphatic rings. The van der Waals surface area contributed by atoms with E-state index in [1.807, 2.05) is 19.2 Å². The molecule has 3 rings (SSSR count). The minimum absolute atomic E-state index is 0.0709. The number of halogens is 2. The molecule has 0 saturated heterocycles. The predicted molar refractivity (Wildman–Crippen MR) is 108 cm³/mol. The Bertz CT molecular complexity index is 807. The number of fused-ring (bicyclic) bond motifs is 1. The first-order valence-electron chi connectivity index (χ1n) is 8.99. The smallest absolute Gasteiger partial charge is 0.220 e. The first kappa shape index (κ1) is 19.2. The van der Waals surface area contributed by atoms with Crippen LogP contribution < -0.4 is 10.6 Å². The van der Waals surface area contributed by atoms with Gasteiger partial charge in [-0.25, -0.2) is 0 Å². The second kappa shape index (κ2) is 8.43. The second-order valence-electron chi connectivity index (χ2n) is 6.78. The van der Waals surface area contributed by atoms with Gasteiger partial charge in [0.1, 0.15) is 0 Å². The Hall–Kier alpha value is -1.55. The Balaban J connectivity index is 1.93. The molecular weight excluding hydrogens is 367 g/mol. The van der Waals surface area contributed by atoms with Gasteiger partial charge in [0.25, 0.3) is 0 Å². The number of hydrogen-bond acceptors (Lipinski definition) is 2. The van der Waals surface area contributed by atoms with Crippen molar-refractivity contribution in [2.75, 3.05) is 14.1 Å². The van der Waals surface area contributed by atoms with Gasteiger partial charge in [-0.1, -0.05) is 47.5 Å². The zero-order chi connectivity index (χ0) is 18.7. The number of amides is 1. The summed E-state index contributed by atoms with van der Waals surface area (Å²) >= 11 is 12.3. The van der Waals surface area contributed by atoms with E-state index in [0.717, 1.165) is 19.3 Å². The molecule has 0 saturated carbocycles. The maximum atomic E-state index is 11.5. The quantitative estimate of drug-likeness (QED) is 0.765. The summed E-state index contributed by atoms with van der Waals surface area (Å²) in [6.45, 7) is 0. The molecule has 2 aromatic rings. The number of carbonyl (C=O) groups excluding carboxylic acids is 1. The van der Waals surface area contributed by atoms with Crippen LogP contribution in [0, 0.1) is 0 Å². The van der Waals surface area contributed by atoms with Gasteiger partial charge in [0.15, 0.2) is 0 Å². The molecule has 26 heavy (non-hydrogen) atoms. The maximum Gasteiger partial charge on any atom is 0.220 e. The van der Waals surface area contributed by atoms with E-state index >= 15 is 0 Å². The summed E-state index contributed by atoms with van der Waals surface area (Å²) in [5, 5.41) is 7.30. The lowest BCUT2D eigenvalue weighted by Gasteiger charge is -2.32. The molecule has 1 amide bonds. The Kier molecular flexibility index (Phi) is 6.23. The molecule has 0 bridgehead atoms. The summed E-state index contributed by atoms with van der Waals surface area (Å²) in [5.74, 6) is 0.388. The van der Waals surface area contributed by atoms with Crippen LogP contribution in [0.5, 0.6) is 0 Å². The maximum absolute atomic E-state index is 11.5. The molecule has 0 heterocycles. The van der Waals surface area contributed by atoms with Crippen LogP contribution in [0.25, 0.3) is 0 Å². The van der Waals surface area contributed by atoms with E-state index < -0.39 is 0 Å². The van der Waals surface area contributed by atoms with Crippen molar-refractivity contribution in [3.8, 4) is 0 Å². The summed E-state index contributed by atoms with van der Waals surface area (Å²) in [6.07, 6.45) is 3.39. The zero-order valence-electron chi connectivity index (χ0n) is 15.1. The average molecular weight is 391 g/mol. The average Bonchev–Trinajstić information content (AvgIpc) is 2.67. The van der Waals surface area contributed by atoms with Crippen molar-refractivity contribution in [1.82, 2.24) is 10.6 Å². The van der Waals surface area contributed by atoms with Gasteiger partial charge < -0.3 is 10.6 Å². The van der Waals surface area contributed by atoms with Gasteiger partial charge >= 0.3 is 0 Å². The van der Waals surface area contributed by atoms with Crippen LogP contribution in [0.2, 0.25) is 10.0 Å². The lowest BCUT2D eigenvalue weighted by Crippen LogP contribution is -2.24. The fraction of sp³-hybridized carbons (Fsp3) is 0.381. The van der Waals surface area contributed by atoms with Gasteiger partial charge in [0.05, 0.1) is 10.0 Å². The van der Waals surface area contributed by atoms with E-state index in [1.54, 1.807) is 7.05 Å². The monoisotopic (exact) mass is 390 g/mol. The highest BCUT2D eigenvalue weighted by atomic mass is 35.5. The molecule has 1 aliphatic carbocycles. The van der Waals surface area contributed by atoms with Crippen LogP contribution in [0.3, 0.4) is 0 Å². The molecule has 2 N–H and O–H groups in total. The minimum Gasteiger partial charge on any atom is -0.359 e. The summed E-state index contributed by atoms with van der Waals surface area (Å²) in [7, 11) is 3.68. The fourth-order valence-corrected chi connectivity index (χ4v) is 4.11. The highest BCUT2D eigenvalue weighted by Crippen LogP contribution is 2.42. The van der Waals surface area contributed by atoms with Crippen molar-refractivity contribution < 1.29 is 4.79 Å². The fourth-order valence-electron chi connectivity index (χ4n) is 3.80. The number of rotatable bonds is 5. The Morgan fingerprint density at radius 3 is 2.54 bits per heavy atom. The molecule has 2 aromatic carbocycles. The molecule has 3 nitrogen and oxygen atoms in total. The SMILES string of the molecule is CNC(=O)CCc1ccc2c(c1)C(NC)CCC2c1ccc(Cl)c(Cl)c1. The minimum atomic E-state index is 0.0709. The van der Waals surface area contributed by atoms with E-state index in [1.165, 1.54) is 22.3 Å². The predicted octanol–water partition coefficient (Wildman–Crippen LogP) is 4.86. The molecular formula is C21H24Cl2N2O. The van der Waals surface area contributed by atoms with Crippen LogP contribution in [0.4, 0.5) is 0 Å². The molecule has 0 radical (unpaired) electrons. The molecule has 0 fully saturated rings. The number of aryl methyl sites for hydroxylation is 1. The number of benzene rings is 2. The van der Waals surface area contributed by atoms with E-state index in [4.69, 9.17) is 23.2 Å². The van der Waals surface area contributed by atoms with Crippen molar-refractivity contribution in [3.63, 3.8) is 0 Å². The molecule has 138 valence electrons. The van der Waals surface area contributed by atoms with Crippen LogP contribution in [0.1, 0.15) is 53.5 Å².